The SMILES string of the molecule is CCCCCCCCC(C(C)=O)=C(C)[O-]. The average Bonchev–Trinajstić information content (AvgIpc) is 2.15. The molecular formula is C13H23O2-. The van der Waals surface area contributed by atoms with Crippen LogP contribution in [0.1, 0.15) is 65.7 Å². The molecule has 0 radical (unpaired) electrons. The maximum Gasteiger partial charge on any atom is 0.154 e. The van der Waals surface area contributed by atoms with Gasteiger partial charge in [-0.15, -0.1) is 5.76 Å². The number of Topliss-reactive ketones (excluding diaryl/α,β-unsaturated/α-hetero) is 1. The van der Waals surface area contributed by atoms with Crippen LogP contribution >= 0.6 is 0 Å². The Hall–Kier alpha value is -0.790. The highest BCUT2D eigenvalue weighted by molar-refractivity contribution is 5.93. The molecule has 15 heavy (non-hydrogen) atoms. The third-order valence-electron chi connectivity index (χ3n) is 2.63. The minimum atomic E-state index is -0.0592. The zero-order chi connectivity index (χ0) is 11.7. The minimum Gasteiger partial charge on any atom is -0.875 e. The summed E-state index contributed by atoms with van der Waals surface area (Å²) in [5.41, 5.74) is 0.491. The summed E-state index contributed by atoms with van der Waals surface area (Å²) in [5, 5.41) is 11.1. The van der Waals surface area contributed by atoms with Gasteiger partial charge in [0.2, 0.25) is 0 Å². The maximum absolute atomic E-state index is 11.1. The third kappa shape index (κ3) is 7.18. The first-order valence-electron chi connectivity index (χ1n) is 5.97. The number of carbonyl (C=O) groups is 1. The van der Waals surface area contributed by atoms with Crippen molar-refractivity contribution in [2.75, 3.05) is 0 Å². The van der Waals surface area contributed by atoms with Crippen molar-refractivity contribution in [2.45, 2.75) is 65.7 Å². The van der Waals surface area contributed by atoms with Crippen molar-refractivity contribution in [1.82, 2.24) is 0 Å². The van der Waals surface area contributed by atoms with E-state index >= 15 is 0 Å². The van der Waals surface area contributed by atoms with E-state index in [1.165, 1.54) is 39.5 Å². The van der Waals surface area contributed by atoms with Crippen LogP contribution in [0.5, 0.6) is 0 Å². The second kappa shape index (κ2) is 8.51. The molecule has 0 amide bonds. The molecule has 0 atom stereocenters. The van der Waals surface area contributed by atoms with Gasteiger partial charge >= 0.3 is 0 Å². The standard InChI is InChI=1S/C13H24O2/c1-4-5-6-7-8-9-10-13(11(2)14)12(3)15/h14H,4-10H2,1-3H3/p-1. The summed E-state index contributed by atoms with van der Waals surface area (Å²) in [4.78, 5) is 11.1. The van der Waals surface area contributed by atoms with Gasteiger partial charge in [-0.2, -0.15) is 0 Å². The van der Waals surface area contributed by atoms with Crippen LogP contribution in [0, 0.1) is 0 Å². The van der Waals surface area contributed by atoms with Crippen LogP contribution in [0.3, 0.4) is 0 Å². The van der Waals surface area contributed by atoms with E-state index in [1.807, 2.05) is 0 Å². The number of hydrogen-bond acceptors (Lipinski definition) is 2. The second-order valence-corrected chi connectivity index (χ2v) is 4.11. The molecule has 0 rings (SSSR count). The van der Waals surface area contributed by atoms with Crippen LogP contribution < -0.4 is 5.11 Å². The van der Waals surface area contributed by atoms with Gasteiger partial charge in [0.1, 0.15) is 0 Å². The molecule has 0 aliphatic rings. The van der Waals surface area contributed by atoms with Crippen LogP contribution in [-0.4, -0.2) is 5.78 Å². The predicted molar refractivity (Wildman–Crippen MR) is 61.4 cm³/mol. The Kier molecular flexibility index (Phi) is 8.06. The molecule has 88 valence electrons. The molecule has 0 saturated heterocycles. The Bertz CT molecular complexity index is 213. The first-order chi connectivity index (χ1) is 7.09. The van der Waals surface area contributed by atoms with E-state index in [9.17, 15) is 9.90 Å². The van der Waals surface area contributed by atoms with E-state index in [0.717, 1.165) is 12.8 Å². The van der Waals surface area contributed by atoms with Gasteiger partial charge in [0.25, 0.3) is 0 Å². The molecule has 0 aromatic carbocycles. The molecule has 0 N–H and O–H groups in total. The molecule has 0 aliphatic heterocycles. The second-order valence-electron chi connectivity index (χ2n) is 4.11. The molecule has 0 bridgehead atoms. The Morgan fingerprint density at radius 2 is 1.53 bits per heavy atom. The first-order valence-corrected chi connectivity index (χ1v) is 5.97. The first kappa shape index (κ1) is 14.2. The van der Waals surface area contributed by atoms with Crippen LogP contribution in [0.25, 0.3) is 0 Å². The summed E-state index contributed by atoms with van der Waals surface area (Å²) in [5.74, 6) is -0.118. The maximum atomic E-state index is 11.1. The Labute approximate surface area is 93.4 Å². The van der Waals surface area contributed by atoms with Crippen LogP contribution in [0.2, 0.25) is 0 Å². The van der Waals surface area contributed by atoms with E-state index in [1.54, 1.807) is 0 Å². The highest BCUT2D eigenvalue weighted by Gasteiger charge is 2.02. The van der Waals surface area contributed by atoms with E-state index < -0.39 is 0 Å². The lowest BCUT2D eigenvalue weighted by molar-refractivity contribution is -0.303. The normalized spacial score (nSPS) is 12.5. The minimum absolute atomic E-state index is 0.0592. The van der Waals surface area contributed by atoms with Crippen molar-refractivity contribution >= 4 is 5.78 Å². The highest BCUT2D eigenvalue weighted by atomic mass is 16.3. The summed E-state index contributed by atoms with van der Waals surface area (Å²) in [6, 6.07) is 0. The number of rotatable bonds is 8. The molecule has 0 fully saturated rings. The lowest BCUT2D eigenvalue weighted by Gasteiger charge is -2.12. The smallest absolute Gasteiger partial charge is 0.154 e. The summed E-state index contributed by atoms with van der Waals surface area (Å²) in [6.07, 6.45) is 7.79. The molecule has 0 aromatic rings. The van der Waals surface area contributed by atoms with Crippen LogP contribution in [0.15, 0.2) is 11.3 Å². The average molecular weight is 211 g/mol. The largest absolute Gasteiger partial charge is 0.875 e. The van der Waals surface area contributed by atoms with E-state index in [-0.39, 0.29) is 11.5 Å². The molecule has 2 nitrogen and oxygen atoms in total. The number of unbranched alkanes of at least 4 members (excludes halogenated alkanes) is 5. The number of hydrogen-bond donors (Lipinski definition) is 0. The number of ketones is 1. The Balaban J connectivity index is 3.66. The van der Waals surface area contributed by atoms with Gasteiger partial charge in [-0.1, -0.05) is 46.0 Å². The molecule has 0 unspecified atom stereocenters. The van der Waals surface area contributed by atoms with Crippen LogP contribution in [-0.2, 0) is 4.79 Å². The van der Waals surface area contributed by atoms with Crippen molar-refractivity contribution < 1.29 is 9.90 Å². The molecule has 0 spiro atoms. The highest BCUT2D eigenvalue weighted by Crippen LogP contribution is 2.13. The van der Waals surface area contributed by atoms with Gasteiger partial charge in [-0.3, -0.25) is 4.79 Å². The third-order valence-corrected chi connectivity index (χ3v) is 2.63. The van der Waals surface area contributed by atoms with E-state index in [0.29, 0.717) is 12.0 Å². The molecule has 0 saturated carbocycles. The van der Waals surface area contributed by atoms with Crippen molar-refractivity contribution in [1.29, 1.82) is 0 Å². The van der Waals surface area contributed by atoms with Crippen molar-refractivity contribution in [3.8, 4) is 0 Å². The Morgan fingerprint density at radius 1 is 1.00 bits per heavy atom. The van der Waals surface area contributed by atoms with Crippen molar-refractivity contribution in [3.05, 3.63) is 11.3 Å². The van der Waals surface area contributed by atoms with E-state index in [2.05, 4.69) is 6.92 Å². The fourth-order valence-electron chi connectivity index (χ4n) is 1.68. The van der Waals surface area contributed by atoms with Gasteiger partial charge in [-0.25, -0.2) is 0 Å². The lowest BCUT2D eigenvalue weighted by Crippen LogP contribution is -2.09. The zero-order valence-corrected chi connectivity index (χ0v) is 10.3. The molecule has 2 heteroatoms. The summed E-state index contributed by atoms with van der Waals surface area (Å²) in [7, 11) is 0. The molecule has 0 aliphatic carbocycles. The summed E-state index contributed by atoms with van der Waals surface area (Å²) >= 11 is 0. The molecule has 0 aromatic heterocycles. The van der Waals surface area contributed by atoms with Crippen molar-refractivity contribution in [2.24, 2.45) is 0 Å². The topological polar surface area (TPSA) is 40.1 Å². The van der Waals surface area contributed by atoms with Gasteiger partial charge in [0.15, 0.2) is 5.78 Å². The summed E-state index contributed by atoms with van der Waals surface area (Å²) < 4.78 is 0. The summed E-state index contributed by atoms with van der Waals surface area (Å²) in [6.45, 7) is 5.15. The fraction of sp³-hybridized carbons (Fsp3) is 0.769. The van der Waals surface area contributed by atoms with E-state index in [4.69, 9.17) is 0 Å². The predicted octanol–water partition coefficient (Wildman–Crippen LogP) is 2.96. The fourth-order valence-corrected chi connectivity index (χ4v) is 1.68. The van der Waals surface area contributed by atoms with Gasteiger partial charge in [0.05, 0.1) is 0 Å². The molecular weight excluding hydrogens is 188 g/mol. The lowest BCUT2D eigenvalue weighted by atomic mass is 10.0. The molecule has 0 heterocycles. The van der Waals surface area contributed by atoms with Gasteiger partial charge in [0, 0.05) is 0 Å². The van der Waals surface area contributed by atoms with Gasteiger partial charge < -0.3 is 5.11 Å². The monoisotopic (exact) mass is 211 g/mol. The van der Waals surface area contributed by atoms with Crippen LogP contribution in [0.4, 0.5) is 0 Å². The van der Waals surface area contributed by atoms with Gasteiger partial charge in [-0.05, 0) is 25.3 Å². The Morgan fingerprint density at radius 3 is 2.00 bits per heavy atom. The zero-order valence-electron chi connectivity index (χ0n) is 10.3. The quantitative estimate of drug-likeness (QED) is 0.352. The van der Waals surface area contributed by atoms with Crippen molar-refractivity contribution in [3.63, 3.8) is 0 Å². The number of allylic oxidation sites excluding steroid dienone is 2. The number of carbonyl (C=O) groups excluding carboxylic acids is 1.